The fraction of sp³-hybridized carbons (Fsp3) is 0. The summed E-state index contributed by atoms with van der Waals surface area (Å²) in [6, 6.07) is 63.6. The Morgan fingerprint density at radius 3 is 1.54 bits per heavy atom. The van der Waals surface area contributed by atoms with E-state index < -0.39 is 0 Å². The first kappa shape index (κ1) is 30.9. The number of rotatable bonds is 3. The third-order valence-corrected chi connectivity index (χ3v) is 11.7. The van der Waals surface area contributed by atoms with Crippen LogP contribution in [0.5, 0.6) is 0 Å². The van der Waals surface area contributed by atoms with Crippen molar-refractivity contribution >= 4 is 86.6 Å². The first-order valence-corrected chi connectivity index (χ1v) is 19.1. The number of hydrogen-bond donors (Lipinski definition) is 0. The van der Waals surface area contributed by atoms with Crippen molar-refractivity contribution in [1.29, 1.82) is 0 Å². The van der Waals surface area contributed by atoms with Gasteiger partial charge in [0.25, 0.3) is 0 Å². The molecule has 0 atom stereocenters. The molecule has 12 aromatic rings. The summed E-state index contributed by atoms with van der Waals surface area (Å²) >= 11 is 0. The fourth-order valence-corrected chi connectivity index (χ4v) is 9.37. The number of para-hydroxylation sites is 1. The van der Waals surface area contributed by atoms with Crippen molar-refractivity contribution in [3.05, 3.63) is 188 Å². The molecule has 0 aliphatic carbocycles. The van der Waals surface area contributed by atoms with E-state index in [0.717, 1.165) is 49.7 Å². The Labute approximate surface area is 322 Å². The van der Waals surface area contributed by atoms with Crippen LogP contribution in [0.25, 0.3) is 120 Å². The van der Waals surface area contributed by atoms with Crippen molar-refractivity contribution in [2.45, 2.75) is 0 Å². The van der Waals surface area contributed by atoms with Crippen LogP contribution in [0.4, 0.5) is 0 Å². The van der Waals surface area contributed by atoms with E-state index in [-0.39, 0.29) is 0 Å². The first-order chi connectivity index (χ1) is 27.8. The van der Waals surface area contributed by atoms with Gasteiger partial charge in [0, 0.05) is 44.9 Å². The third kappa shape index (κ3) is 4.43. The summed E-state index contributed by atoms with van der Waals surface area (Å²) in [6.07, 6.45) is 3.72. The normalized spacial score (nSPS) is 11.9. The van der Waals surface area contributed by atoms with Gasteiger partial charge in [0.15, 0.2) is 0 Å². The molecule has 0 saturated carbocycles. The van der Waals surface area contributed by atoms with Crippen LogP contribution < -0.4 is 0 Å². The molecule has 258 valence electrons. The molecule has 3 heterocycles. The van der Waals surface area contributed by atoms with Crippen molar-refractivity contribution in [3.8, 4) is 33.5 Å². The zero-order valence-corrected chi connectivity index (χ0v) is 30.2. The highest BCUT2D eigenvalue weighted by Gasteiger charge is 2.21. The zero-order valence-electron chi connectivity index (χ0n) is 30.2. The van der Waals surface area contributed by atoms with Gasteiger partial charge in [-0.15, -0.1) is 0 Å². The van der Waals surface area contributed by atoms with E-state index in [0.29, 0.717) is 0 Å². The Kier molecular flexibility index (Phi) is 6.63. The number of benzene rings is 9. The molecule has 0 radical (unpaired) electrons. The molecule has 12 rings (SSSR count). The van der Waals surface area contributed by atoms with E-state index in [2.05, 4.69) is 164 Å². The average molecular weight is 710 g/mol. The molecule has 9 aromatic carbocycles. The van der Waals surface area contributed by atoms with Crippen LogP contribution >= 0.6 is 0 Å². The van der Waals surface area contributed by atoms with Crippen molar-refractivity contribution in [3.63, 3.8) is 0 Å². The Morgan fingerprint density at radius 2 is 0.839 bits per heavy atom. The quantitative estimate of drug-likeness (QED) is 0.135. The lowest BCUT2D eigenvalue weighted by molar-refractivity contribution is 1.37. The second-order valence-electron chi connectivity index (χ2n) is 14.6. The largest absolute Gasteiger partial charge is 0.254 e. The summed E-state index contributed by atoms with van der Waals surface area (Å²) in [5, 5.41) is 15.5. The Hall–Kier alpha value is -7.49. The van der Waals surface area contributed by atoms with E-state index in [1.165, 1.54) is 70.4 Å². The van der Waals surface area contributed by atoms with Gasteiger partial charge in [-0.3, -0.25) is 9.97 Å². The SMILES string of the molecule is c1cc(-c2c3ccccc3c(-c3cc4cccnc4c4ncccc34)c3ccccc23)cc(-c2nc3ccccc3c3c4ccccc4c4ccccc4c23)c1. The van der Waals surface area contributed by atoms with Gasteiger partial charge in [-0.25, -0.2) is 4.98 Å². The minimum absolute atomic E-state index is 0.918. The average Bonchev–Trinajstić information content (AvgIpc) is 3.27. The Balaban J connectivity index is 1.18. The molecular formula is C53H31N3. The predicted octanol–water partition coefficient (Wildman–Crippen LogP) is 14.1. The van der Waals surface area contributed by atoms with Gasteiger partial charge in [-0.05, 0) is 95.7 Å². The lowest BCUT2D eigenvalue weighted by Gasteiger charge is -2.20. The summed E-state index contributed by atoms with van der Waals surface area (Å²) < 4.78 is 0. The Bertz CT molecular complexity index is 3550. The summed E-state index contributed by atoms with van der Waals surface area (Å²) in [4.78, 5) is 15.1. The summed E-state index contributed by atoms with van der Waals surface area (Å²) in [7, 11) is 0. The van der Waals surface area contributed by atoms with E-state index in [4.69, 9.17) is 15.0 Å². The van der Waals surface area contributed by atoms with Crippen molar-refractivity contribution in [1.82, 2.24) is 15.0 Å². The van der Waals surface area contributed by atoms with Crippen LogP contribution in [0.3, 0.4) is 0 Å². The fourth-order valence-electron chi connectivity index (χ4n) is 9.37. The van der Waals surface area contributed by atoms with Gasteiger partial charge in [0.2, 0.25) is 0 Å². The lowest BCUT2D eigenvalue weighted by atomic mass is 9.84. The van der Waals surface area contributed by atoms with E-state index in [9.17, 15) is 0 Å². The highest BCUT2D eigenvalue weighted by atomic mass is 14.7. The lowest BCUT2D eigenvalue weighted by Crippen LogP contribution is -1.95. The highest BCUT2D eigenvalue weighted by molar-refractivity contribution is 6.34. The van der Waals surface area contributed by atoms with Crippen LogP contribution in [0.1, 0.15) is 0 Å². The van der Waals surface area contributed by atoms with E-state index in [1.807, 2.05) is 24.5 Å². The van der Waals surface area contributed by atoms with Crippen molar-refractivity contribution in [2.24, 2.45) is 0 Å². The maximum Gasteiger partial charge on any atom is 0.0970 e. The molecule has 0 aliphatic rings. The maximum atomic E-state index is 5.49. The molecule has 3 heteroatoms. The van der Waals surface area contributed by atoms with Crippen molar-refractivity contribution in [2.75, 3.05) is 0 Å². The minimum Gasteiger partial charge on any atom is -0.254 e. The van der Waals surface area contributed by atoms with Crippen LogP contribution in [-0.4, -0.2) is 15.0 Å². The van der Waals surface area contributed by atoms with Crippen LogP contribution in [0.2, 0.25) is 0 Å². The molecule has 0 unspecified atom stereocenters. The molecule has 0 fully saturated rings. The molecular weight excluding hydrogens is 679 g/mol. The van der Waals surface area contributed by atoms with Gasteiger partial charge in [0.1, 0.15) is 0 Å². The number of pyridine rings is 3. The minimum atomic E-state index is 0.918. The summed E-state index contributed by atoms with van der Waals surface area (Å²) in [5.74, 6) is 0. The molecule has 0 bridgehead atoms. The third-order valence-electron chi connectivity index (χ3n) is 11.7. The molecule has 0 spiro atoms. The predicted molar refractivity (Wildman–Crippen MR) is 236 cm³/mol. The molecule has 0 saturated heterocycles. The topological polar surface area (TPSA) is 38.7 Å². The number of nitrogens with zero attached hydrogens (tertiary/aromatic N) is 3. The molecule has 0 N–H and O–H groups in total. The first-order valence-electron chi connectivity index (χ1n) is 19.1. The van der Waals surface area contributed by atoms with Crippen LogP contribution in [0, 0.1) is 0 Å². The van der Waals surface area contributed by atoms with E-state index in [1.54, 1.807) is 0 Å². The molecule has 0 aliphatic heterocycles. The summed E-state index contributed by atoms with van der Waals surface area (Å²) in [6.45, 7) is 0. The smallest absolute Gasteiger partial charge is 0.0970 e. The number of fused-ring (bicyclic) bond motifs is 13. The molecule has 3 aromatic heterocycles. The van der Waals surface area contributed by atoms with Gasteiger partial charge in [0.05, 0.1) is 22.2 Å². The zero-order chi connectivity index (χ0) is 36.7. The molecule has 3 nitrogen and oxygen atoms in total. The number of aromatic nitrogens is 3. The molecule has 56 heavy (non-hydrogen) atoms. The van der Waals surface area contributed by atoms with Gasteiger partial charge in [-0.2, -0.15) is 0 Å². The highest BCUT2D eigenvalue weighted by Crippen LogP contribution is 2.48. The molecule has 0 amide bonds. The summed E-state index contributed by atoms with van der Waals surface area (Å²) in [5.41, 5.74) is 9.66. The van der Waals surface area contributed by atoms with Gasteiger partial charge >= 0.3 is 0 Å². The standard InChI is InChI=1S/C53H31N3/c1-3-19-37-35(17-1)36-18-2-4-20-38(36)50-49(37)44-25-9-10-27-46(44)56-51(50)33-15-11-14-32(30-33)47-39-21-5-7-23-41(39)48(42-24-8-6-22-40(42)47)45-31-34-16-12-28-54-52(34)53-43(45)26-13-29-55-53/h1-31H. The van der Waals surface area contributed by atoms with Gasteiger partial charge < -0.3 is 0 Å². The Morgan fingerprint density at radius 1 is 0.321 bits per heavy atom. The maximum absolute atomic E-state index is 5.49. The second-order valence-corrected chi connectivity index (χ2v) is 14.6. The van der Waals surface area contributed by atoms with Crippen molar-refractivity contribution < 1.29 is 0 Å². The monoisotopic (exact) mass is 709 g/mol. The second kappa shape index (κ2) is 12.0. The van der Waals surface area contributed by atoms with Gasteiger partial charge in [-0.1, -0.05) is 146 Å². The number of hydrogen-bond acceptors (Lipinski definition) is 3. The van der Waals surface area contributed by atoms with Crippen LogP contribution in [0.15, 0.2) is 188 Å². The van der Waals surface area contributed by atoms with Crippen LogP contribution in [-0.2, 0) is 0 Å². The van der Waals surface area contributed by atoms with E-state index >= 15 is 0 Å².